The Morgan fingerprint density at radius 2 is 1.27 bits per heavy atom. The molecule has 188 valence electrons. The Morgan fingerprint density at radius 1 is 0.788 bits per heavy atom. The zero-order chi connectivity index (χ0) is 25.1. The zero-order valence-electron chi connectivity index (χ0n) is 22.5. The van der Waals surface area contributed by atoms with Crippen LogP contribution in [0.2, 0.25) is 0 Å². The van der Waals surface area contributed by atoms with E-state index in [9.17, 15) is 9.59 Å². The van der Waals surface area contributed by atoms with Gasteiger partial charge in [0.05, 0.1) is 24.3 Å². The van der Waals surface area contributed by atoms with E-state index in [4.69, 9.17) is 4.74 Å². The number of likely N-dealkylation sites (N-methyl/N-ethyl adjacent to an activating group) is 2. The van der Waals surface area contributed by atoms with Crippen LogP contribution in [-0.4, -0.2) is 59.0 Å². The number of unbranched alkanes of at least 4 members (excludes halogenated alkanes) is 2. The fourth-order valence-electron chi connectivity index (χ4n) is 4.39. The first-order chi connectivity index (χ1) is 15.5. The average molecular weight is 461 g/mol. The molecule has 0 aliphatic rings. The van der Waals surface area contributed by atoms with Crippen molar-refractivity contribution in [2.75, 3.05) is 26.3 Å². The van der Waals surface area contributed by atoms with Gasteiger partial charge < -0.3 is 14.5 Å². The van der Waals surface area contributed by atoms with Crippen LogP contribution in [0.3, 0.4) is 0 Å². The minimum absolute atomic E-state index is 0.146. The molecule has 0 aromatic heterocycles. The molecule has 0 aliphatic heterocycles. The Labute approximate surface area is 202 Å². The lowest BCUT2D eigenvalue weighted by molar-refractivity contribution is -0.142. The first-order valence-electron chi connectivity index (χ1n) is 12.7. The van der Waals surface area contributed by atoms with Crippen molar-refractivity contribution in [1.82, 2.24) is 9.80 Å². The fraction of sp³-hybridized carbons (Fsp3) is 0.714. The van der Waals surface area contributed by atoms with Gasteiger partial charge in [0.25, 0.3) is 0 Å². The van der Waals surface area contributed by atoms with Gasteiger partial charge in [-0.15, -0.1) is 0 Å². The summed E-state index contributed by atoms with van der Waals surface area (Å²) in [5, 5.41) is 0. The smallest absolute Gasteiger partial charge is 0.223 e. The summed E-state index contributed by atoms with van der Waals surface area (Å²) in [5.74, 6) is 0.340. The molecule has 0 unspecified atom stereocenters. The Balaban J connectivity index is 2.65. The third-order valence-electron chi connectivity index (χ3n) is 6.35. The van der Waals surface area contributed by atoms with Crippen molar-refractivity contribution in [1.29, 1.82) is 0 Å². The van der Waals surface area contributed by atoms with E-state index in [0.717, 1.165) is 25.7 Å². The monoisotopic (exact) mass is 460 g/mol. The summed E-state index contributed by atoms with van der Waals surface area (Å²) in [5.41, 5.74) is 1.60. The molecule has 0 fully saturated rings. The van der Waals surface area contributed by atoms with Gasteiger partial charge in [0.1, 0.15) is 0 Å². The minimum atomic E-state index is -0.419. The number of aryl methyl sites for hydroxylation is 2. The Kier molecular flexibility index (Phi) is 12.1. The number of hydrogen-bond acceptors (Lipinski definition) is 3. The van der Waals surface area contributed by atoms with Crippen LogP contribution < -0.4 is 0 Å². The molecule has 0 N–H and O–H groups in total. The number of rotatable bonds is 15. The van der Waals surface area contributed by atoms with Gasteiger partial charge in [-0.1, -0.05) is 49.6 Å². The summed E-state index contributed by atoms with van der Waals surface area (Å²) >= 11 is 0. The predicted molar refractivity (Wildman–Crippen MR) is 137 cm³/mol. The molecule has 0 atom stereocenters. The number of hydrogen-bond donors (Lipinski definition) is 0. The topological polar surface area (TPSA) is 49.9 Å². The predicted octanol–water partition coefficient (Wildman–Crippen LogP) is 5.78. The SMILES string of the molecule is CCCCCC(=O)N(CC)C(C)(C)COCC(C)(C)N(CC)C(=O)CCc1ccc(C)cc1. The molecule has 1 aromatic carbocycles. The standard InChI is InChI=1S/C28H48N2O3/c1-9-12-13-14-25(31)29(10-2)27(5,6)21-33-22-28(7,8)30(11-3)26(32)20-19-24-17-15-23(4)16-18-24/h15-18H,9-14,19-22H2,1-8H3. The summed E-state index contributed by atoms with van der Waals surface area (Å²) < 4.78 is 6.14. The van der Waals surface area contributed by atoms with Crippen molar-refractivity contribution < 1.29 is 14.3 Å². The van der Waals surface area contributed by atoms with Gasteiger partial charge >= 0.3 is 0 Å². The maximum absolute atomic E-state index is 13.0. The largest absolute Gasteiger partial charge is 0.377 e. The second kappa shape index (κ2) is 13.7. The van der Waals surface area contributed by atoms with Gasteiger partial charge in [-0.05, 0) is 66.9 Å². The highest BCUT2D eigenvalue weighted by atomic mass is 16.5. The van der Waals surface area contributed by atoms with Gasteiger partial charge in [-0.25, -0.2) is 0 Å². The third-order valence-corrected chi connectivity index (χ3v) is 6.35. The first-order valence-corrected chi connectivity index (χ1v) is 12.7. The maximum Gasteiger partial charge on any atom is 0.223 e. The van der Waals surface area contributed by atoms with Crippen molar-refractivity contribution in [3.05, 3.63) is 35.4 Å². The van der Waals surface area contributed by atoms with E-state index in [1.165, 1.54) is 11.1 Å². The van der Waals surface area contributed by atoms with Gasteiger partial charge in [-0.3, -0.25) is 9.59 Å². The molecule has 2 amide bonds. The molecule has 0 saturated carbocycles. The molecule has 0 radical (unpaired) electrons. The summed E-state index contributed by atoms with van der Waals surface area (Å²) in [6.07, 6.45) is 4.95. The second-order valence-corrected chi connectivity index (χ2v) is 10.3. The lowest BCUT2D eigenvalue weighted by Gasteiger charge is -2.41. The molecular formula is C28H48N2O3. The lowest BCUT2D eigenvalue weighted by Crippen LogP contribution is -2.53. The van der Waals surface area contributed by atoms with Crippen LogP contribution in [-0.2, 0) is 20.7 Å². The van der Waals surface area contributed by atoms with Crippen LogP contribution in [0.25, 0.3) is 0 Å². The molecule has 5 nitrogen and oxygen atoms in total. The van der Waals surface area contributed by atoms with Crippen LogP contribution in [0, 0.1) is 6.92 Å². The van der Waals surface area contributed by atoms with Gasteiger partial charge in [-0.2, -0.15) is 0 Å². The molecular weight excluding hydrogens is 412 g/mol. The molecule has 1 rings (SSSR count). The Bertz CT molecular complexity index is 725. The van der Waals surface area contributed by atoms with Crippen molar-refractivity contribution in [2.45, 2.75) is 105 Å². The van der Waals surface area contributed by atoms with Crippen LogP contribution >= 0.6 is 0 Å². The average Bonchev–Trinajstić information content (AvgIpc) is 2.73. The molecule has 0 aliphatic carbocycles. The van der Waals surface area contributed by atoms with E-state index >= 15 is 0 Å². The normalized spacial score (nSPS) is 12.0. The number of carbonyl (C=O) groups is 2. The number of amides is 2. The van der Waals surface area contributed by atoms with Crippen molar-refractivity contribution in [2.24, 2.45) is 0 Å². The molecule has 33 heavy (non-hydrogen) atoms. The zero-order valence-corrected chi connectivity index (χ0v) is 22.5. The first kappa shape index (κ1) is 29.2. The van der Waals surface area contributed by atoms with Gasteiger partial charge in [0, 0.05) is 25.9 Å². The van der Waals surface area contributed by atoms with E-state index < -0.39 is 5.54 Å². The van der Waals surface area contributed by atoms with Crippen molar-refractivity contribution >= 4 is 11.8 Å². The van der Waals surface area contributed by atoms with E-state index in [-0.39, 0.29) is 17.4 Å². The Morgan fingerprint density at radius 3 is 1.73 bits per heavy atom. The highest BCUT2D eigenvalue weighted by Gasteiger charge is 2.33. The molecule has 1 aromatic rings. The van der Waals surface area contributed by atoms with E-state index in [2.05, 4.69) is 65.8 Å². The summed E-state index contributed by atoms with van der Waals surface area (Å²) in [7, 11) is 0. The van der Waals surface area contributed by atoms with Crippen molar-refractivity contribution in [3.63, 3.8) is 0 Å². The van der Waals surface area contributed by atoms with Crippen LogP contribution in [0.1, 0.15) is 91.7 Å². The second-order valence-electron chi connectivity index (χ2n) is 10.3. The number of benzene rings is 1. The highest BCUT2D eigenvalue weighted by Crippen LogP contribution is 2.21. The molecule has 0 saturated heterocycles. The summed E-state index contributed by atoms with van der Waals surface area (Å²) in [6, 6.07) is 8.37. The van der Waals surface area contributed by atoms with Crippen molar-refractivity contribution in [3.8, 4) is 0 Å². The van der Waals surface area contributed by atoms with Gasteiger partial charge in [0.2, 0.25) is 11.8 Å². The number of ether oxygens (including phenoxy) is 1. The summed E-state index contributed by atoms with van der Waals surface area (Å²) in [6.45, 7) is 18.7. The number of carbonyl (C=O) groups excluding carboxylic acids is 2. The van der Waals surface area contributed by atoms with E-state index in [1.807, 2.05) is 23.6 Å². The van der Waals surface area contributed by atoms with Crippen LogP contribution in [0.15, 0.2) is 24.3 Å². The molecule has 0 spiro atoms. The quantitative estimate of drug-likeness (QED) is 0.312. The Hall–Kier alpha value is -1.88. The number of nitrogens with zero attached hydrogens (tertiary/aromatic N) is 2. The van der Waals surface area contributed by atoms with Crippen LogP contribution in [0.5, 0.6) is 0 Å². The molecule has 0 bridgehead atoms. The highest BCUT2D eigenvalue weighted by molar-refractivity contribution is 5.77. The lowest BCUT2D eigenvalue weighted by atomic mass is 10.0. The third kappa shape index (κ3) is 9.48. The summed E-state index contributed by atoms with van der Waals surface area (Å²) in [4.78, 5) is 29.6. The molecule has 0 heterocycles. The van der Waals surface area contributed by atoms with E-state index in [1.54, 1.807) is 0 Å². The van der Waals surface area contributed by atoms with Crippen LogP contribution in [0.4, 0.5) is 0 Å². The van der Waals surface area contributed by atoms with Gasteiger partial charge in [0.15, 0.2) is 0 Å². The maximum atomic E-state index is 13.0. The van der Waals surface area contributed by atoms with E-state index in [0.29, 0.717) is 39.1 Å². The molecule has 5 heteroatoms. The fourth-order valence-corrected chi connectivity index (χ4v) is 4.39. The minimum Gasteiger partial charge on any atom is -0.377 e.